The number of nitrogens with zero attached hydrogens (tertiary/aromatic N) is 2. The Kier molecular flexibility index (Phi) is 6.67. The first kappa shape index (κ1) is 21.9. The molecule has 2 aromatic rings. The molecule has 0 spiro atoms. The summed E-state index contributed by atoms with van der Waals surface area (Å²) < 4.78 is 10.6. The lowest BCUT2D eigenvalue weighted by Gasteiger charge is -2.37. The van der Waals surface area contributed by atoms with Gasteiger partial charge in [0.15, 0.2) is 5.11 Å². The van der Waals surface area contributed by atoms with Crippen molar-refractivity contribution in [3.8, 4) is 5.75 Å². The predicted octanol–water partition coefficient (Wildman–Crippen LogP) is 4.19. The van der Waals surface area contributed by atoms with Gasteiger partial charge in [-0.2, -0.15) is 0 Å². The van der Waals surface area contributed by atoms with Crippen LogP contribution in [0.5, 0.6) is 5.75 Å². The largest absolute Gasteiger partial charge is 0.495 e. The van der Waals surface area contributed by atoms with Gasteiger partial charge in [-0.05, 0) is 55.1 Å². The normalized spacial score (nSPS) is 18.4. The Labute approximate surface area is 193 Å². The summed E-state index contributed by atoms with van der Waals surface area (Å²) in [6.45, 7) is 5.58. The number of thiophene rings is 1. The standard InChI is InChI=1S/C23H29N3O3S2/c1-15-8-9-16-19(14-15)31-21(20(16)22(27)29-3)24-23(30)26-12-10-25(11-13-26)17-6-4-5-7-18(17)28-2/h4-7,15H,8-14H2,1-3H3,(H,24,30). The Bertz CT molecular complexity index is 967. The predicted molar refractivity (Wildman–Crippen MR) is 130 cm³/mol. The van der Waals surface area contributed by atoms with E-state index in [0.717, 1.165) is 67.4 Å². The summed E-state index contributed by atoms with van der Waals surface area (Å²) in [7, 11) is 3.14. The topological polar surface area (TPSA) is 54.0 Å². The van der Waals surface area contributed by atoms with E-state index in [1.165, 1.54) is 12.0 Å². The van der Waals surface area contributed by atoms with Crippen LogP contribution >= 0.6 is 23.6 Å². The second-order valence-corrected chi connectivity index (χ2v) is 9.62. The third kappa shape index (κ3) is 4.50. The van der Waals surface area contributed by atoms with Gasteiger partial charge in [0.2, 0.25) is 0 Å². The minimum atomic E-state index is -0.279. The van der Waals surface area contributed by atoms with Crippen LogP contribution in [-0.2, 0) is 17.6 Å². The van der Waals surface area contributed by atoms with E-state index in [-0.39, 0.29) is 5.97 Å². The number of hydrogen-bond acceptors (Lipinski definition) is 6. The zero-order valence-corrected chi connectivity index (χ0v) is 19.9. The van der Waals surface area contributed by atoms with E-state index in [1.807, 2.05) is 18.2 Å². The van der Waals surface area contributed by atoms with E-state index in [0.29, 0.717) is 16.6 Å². The maximum absolute atomic E-state index is 12.5. The van der Waals surface area contributed by atoms with E-state index in [9.17, 15) is 4.79 Å². The first-order valence-corrected chi connectivity index (χ1v) is 11.9. The van der Waals surface area contributed by atoms with Crippen molar-refractivity contribution in [1.82, 2.24) is 4.90 Å². The van der Waals surface area contributed by atoms with Crippen molar-refractivity contribution in [3.63, 3.8) is 0 Å². The highest BCUT2D eigenvalue weighted by atomic mass is 32.1. The van der Waals surface area contributed by atoms with Gasteiger partial charge in [-0.15, -0.1) is 11.3 Å². The first-order chi connectivity index (χ1) is 15.0. The van der Waals surface area contributed by atoms with Crippen molar-refractivity contribution in [2.75, 3.05) is 50.6 Å². The number of para-hydroxylation sites is 2. The molecule has 0 amide bonds. The zero-order chi connectivity index (χ0) is 22.0. The zero-order valence-electron chi connectivity index (χ0n) is 18.3. The maximum Gasteiger partial charge on any atom is 0.341 e. The molecule has 31 heavy (non-hydrogen) atoms. The van der Waals surface area contributed by atoms with Gasteiger partial charge in [-0.25, -0.2) is 4.79 Å². The van der Waals surface area contributed by atoms with Crippen LogP contribution in [0.3, 0.4) is 0 Å². The van der Waals surface area contributed by atoms with Gasteiger partial charge >= 0.3 is 5.97 Å². The number of anilines is 2. The molecule has 1 fully saturated rings. The fourth-order valence-electron chi connectivity index (χ4n) is 4.37. The van der Waals surface area contributed by atoms with Gasteiger partial charge in [-0.1, -0.05) is 19.1 Å². The van der Waals surface area contributed by atoms with Gasteiger partial charge in [-0.3, -0.25) is 0 Å². The Balaban J connectivity index is 1.45. The van der Waals surface area contributed by atoms with Crippen molar-refractivity contribution in [2.45, 2.75) is 26.2 Å². The number of benzene rings is 1. The molecule has 1 N–H and O–H groups in total. The number of esters is 1. The molecule has 2 aliphatic rings. The Hall–Kier alpha value is -2.32. The summed E-state index contributed by atoms with van der Waals surface area (Å²) in [5.41, 5.74) is 2.92. The number of carbonyl (C=O) groups excluding carboxylic acids is 1. The molecule has 1 aliphatic heterocycles. The van der Waals surface area contributed by atoms with E-state index >= 15 is 0 Å². The van der Waals surface area contributed by atoms with E-state index in [1.54, 1.807) is 18.4 Å². The molecule has 1 aliphatic carbocycles. The first-order valence-electron chi connectivity index (χ1n) is 10.7. The summed E-state index contributed by atoms with van der Waals surface area (Å²) in [5, 5.41) is 4.86. The van der Waals surface area contributed by atoms with Crippen LogP contribution < -0.4 is 15.0 Å². The Morgan fingerprint density at radius 2 is 1.94 bits per heavy atom. The van der Waals surface area contributed by atoms with E-state index < -0.39 is 0 Å². The summed E-state index contributed by atoms with van der Waals surface area (Å²) in [4.78, 5) is 18.3. The molecule has 0 radical (unpaired) electrons. The van der Waals surface area contributed by atoms with Gasteiger partial charge in [0.25, 0.3) is 0 Å². The molecule has 1 atom stereocenters. The quantitative estimate of drug-likeness (QED) is 0.544. The number of fused-ring (bicyclic) bond motifs is 1. The molecule has 166 valence electrons. The Morgan fingerprint density at radius 3 is 2.65 bits per heavy atom. The van der Waals surface area contributed by atoms with E-state index in [2.05, 4.69) is 28.1 Å². The minimum Gasteiger partial charge on any atom is -0.495 e. The van der Waals surface area contributed by atoms with Crippen LogP contribution in [0.4, 0.5) is 10.7 Å². The van der Waals surface area contributed by atoms with Crippen LogP contribution in [0.1, 0.15) is 34.1 Å². The summed E-state index contributed by atoms with van der Waals surface area (Å²) in [6.07, 6.45) is 3.03. The van der Waals surface area contributed by atoms with Crippen LogP contribution in [0.15, 0.2) is 24.3 Å². The minimum absolute atomic E-state index is 0.279. The average Bonchev–Trinajstić information content (AvgIpc) is 3.15. The van der Waals surface area contributed by atoms with Gasteiger partial charge in [0.1, 0.15) is 10.8 Å². The lowest BCUT2D eigenvalue weighted by atomic mass is 9.88. The molecular weight excluding hydrogens is 430 g/mol. The molecule has 2 heterocycles. The number of nitrogens with one attached hydrogen (secondary N) is 1. The molecule has 1 saturated heterocycles. The molecule has 8 heteroatoms. The van der Waals surface area contributed by atoms with Crippen LogP contribution in [0.25, 0.3) is 0 Å². The number of methoxy groups -OCH3 is 2. The van der Waals surface area contributed by atoms with Crippen molar-refractivity contribution in [3.05, 3.63) is 40.3 Å². The van der Waals surface area contributed by atoms with Crippen LogP contribution in [-0.4, -0.2) is 56.4 Å². The van der Waals surface area contributed by atoms with Gasteiger partial charge < -0.3 is 24.6 Å². The molecule has 1 unspecified atom stereocenters. The van der Waals surface area contributed by atoms with Crippen molar-refractivity contribution >= 4 is 45.3 Å². The SMILES string of the molecule is COC(=O)c1c(NC(=S)N2CCN(c3ccccc3OC)CC2)sc2c1CCC(C)C2. The van der Waals surface area contributed by atoms with Crippen molar-refractivity contribution < 1.29 is 14.3 Å². The molecule has 0 bridgehead atoms. The molecule has 0 saturated carbocycles. The fourth-order valence-corrected chi connectivity index (χ4v) is 6.12. The summed E-state index contributed by atoms with van der Waals surface area (Å²) in [5.74, 6) is 1.25. The fraction of sp³-hybridized carbons (Fsp3) is 0.478. The number of rotatable bonds is 4. The molecular formula is C23H29N3O3S2. The highest BCUT2D eigenvalue weighted by Crippen LogP contribution is 2.40. The number of ether oxygens (including phenoxy) is 2. The molecule has 4 rings (SSSR count). The molecule has 1 aromatic carbocycles. The monoisotopic (exact) mass is 459 g/mol. The van der Waals surface area contributed by atoms with E-state index in [4.69, 9.17) is 21.7 Å². The highest BCUT2D eigenvalue weighted by molar-refractivity contribution is 7.80. The smallest absolute Gasteiger partial charge is 0.341 e. The average molecular weight is 460 g/mol. The lowest BCUT2D eigenvalue weighted by Crippen LogP contribution is -2.50. The number of thiocarbonyl (C=S) groups is 1. The lowest BCUT2D eigenvalue weighted by molar-refractivity contribution is 0.0601. The second kappa shape index (κ2) is 9.44. The third-order valence-electron chi connectivity index (χ3n) is 6.11. The van der Waals surface area contributed by atoms with Gasteiger partial charge in [0.05, 0.1) is 25.5 Å². The number of hydrogen-bond donors (Lipinski definition) is 1. The molecule has 6 nitrogen and oxygen atoms in total. The Morgan fingerprint density at radius 1 is 1.19 bits per heavy atom. The highest BCUT2D eigenvalue weighted by Gasteiger charge is 2.29. The van der Waals surface area contributed by atoms with Gasteiger partial charge in [0, 0.05) is 31.1 Å². The van der Waals surface area contributed by atoms with Crippen molar-refractivity contribution in [2.24, 2.45) is 5.92 Å². The number of carbonyl (C=O) groups is 1. The van der Waals surface area contributed by atoms with Crippen molar-refractivity contribution in [1.29, 1.82) is 0 Å². The van der Waals surface area contributed by atoms with Crippen LogP contribution in [0, 0.1) is 5.92 Å². The maximum atomic E-state index is 12.5. The number of piperazine rings is 1. The second-order valence-electron chi connectivity index (χ2n) is 8.12. The summed E-state index contributed by atoms with van der Waals surface area (Å²) >= 11 is 7.38. The summed E-state index contributed by atoms with van der Waals surface area (Å²) in [6, 6.07) is 8.09. The molecule has 1 aromatic heterocycles. The third-order valence-corrected chi connectivity index (χ3v) is 7.64. The van der Waals surface area contributed by atoms with Crippen LogP contribution in [0.2, 0.25) is 0 Å².